The van der Waals surface area contributed by atoms with Gasteiger partial charge in [0.1, 0.15) is 5.75 Å². The summed E-state index contributed by atoms with van der Waals surface area (Å²) in [6.45, 7) is 7.16. The molecule has 4 nitrogen and oxygen atoms in total. The molecule has 0 radical (unpaired) electrons. The van der Waals surface area contributed by atoms with E-state index >= 15 is 0 Å². The molecule has 20 heavy (non-hydrogen) atoms. The summed E-state index contributed by atoms with van der Waals surface area (Å²) in [4.78, 5) is 10.5. The third kappa shape index (κ3) is 4.02. The van der Waals surface area contributed by atoms with E-state index in [1.54, 1.807) is 18.5 Å². The SMILES string of the molecule is CCN(CC)Cc1cc(Br)ccc1Oc1ncccn1. The zero-order valence-corrected chi connectivity index (χ0v) is 13.3. The van der Waals surface area contributed by atoms with Crippen molar-refractivity contribution in [2.75, 3.05) is 13.1 Å². The van der Waals surface area contributed by atoms with Crippen molar-refractivity contribution in [3.8, 4) is 11.8 Å². The van der Waals surface area contributed by atoms with Crippen molar-refractivity contribution in [2.24, 2.45) is 0 Å². The monoisotopic (exact) mass is 335 g/mol. The van der Waals surface area contributed by atoms with Gasteiger partial charge in [-0.05, 0) is 37.4 Å². The molecule has 5 heteroatoms. The van der Waals surface area contributed by atoms with Crippen molar-refractivity contribution in [1.82, 2.24) is 14.9 Å². The quantitative estimate of drug-likeness (QED) is 0.803. The molecule has 0 spiro atoms. The van der Waals surface area contributed by atoms with Gasteiger partial charge >= 0.3 is 6.01 Å². The standard InChI is InChI=1S/C15H18BrN3O/c1-3-19(4-2)11-12-10-13(16)6-7-14(12)20-15-17-8-5-9-18-15/h5-10H,3-4,11H2,1-2H3. The number of hydrogen-bond donors (Lipinski definition) is 0. The number of benzene rings is 1. The maximum atomic E-state index is 5.78. The molecule has 0 saturated heterocycles. The van der Waals surface area contributed by atoms with Crippen LogP contribution in [0.25, 0.3) is 0 Å². The Bertz CT molecular complexity index is 544. The Morgan fingerprint density at radius 2 is 1.85 bits per heavy atom. The van der Waals surface area contributed by atoms with E-state index in [-0.39, 0.29) is 0 Å². The van der Waals surface area contributed by atoms with Crippen LogP contribution in [0.5, 0.6) is 11.8 Å². The summed E-state index contributed by atoms with van der Waals surface area (Å²) < 4.78 is 6.83. The first-order valence-corrected chi connectivity index (χ1v) is 7.47. The minimum Gasteiger partial charge on any atom is -0.424 e. The van der Waals surface area contributed by atoms with E-state index in [1.165, 1.54) is 0 Å². The summed E-state index contributed by atoms with van der Waals surface area (Å²) in [6, 6.07) is 8.13. The molecule has 2 aromatic rings. The Balaban J connectivity index is 2.23. The third-order valence-electron chi connectivity index (χ3n) is 3.05. The first kappa shape index (κ1) is 14.9. The van der Waals surface area contributed by atoms with Gasteiger partial charge in [0.2, 0.25) is 0 Å². The molecule has 0 aliphatic rings. The van der Waals surface area contributed by atoms with Crippen LogP contribution in [0.15, 0.2) is 41.1 Å². The zero-order chi connectivity index (χ0) is 14.4. The van der Waals surface area contributed by atoms with E-state index in [2.05, 4.69) is 50.7 Å². The van der Waals surface area contributed by atoms with Crippen LogP contribution < -0.4 is 4.74 Å². The molecule has 0 aliphatic carbocycles. The molecular weight excluding hydrogens is 318 g/mol. The van der Waals surface area contributed by atoms with Crippen LogP contribution in [-0.4, -0.2) is 28.0 Å². The van der Waals surface area contributed by atoms with Gasteiger partial charge in [0.15, 0.2) is 0 Å². The molecule has 0 amide bonds. The van der Waals surface area contributed by atoms with Gasteiger partial charge in [0, 0.05) is 29.0 Å². The molecule has 0 aliphatic heterocycles. The van der Waals surface area contributed by atoms with Gasteiger partial charge in [-0.25, -0.2) is 9.97 Å². The highest BCUT2D eigenvalue weighted by molar-refractivity contribution is 9.10. The molecule has 1 aromatic carbocycles. The fourth-order valence-corrected chi connectivity index (χ4v) is 2.30. The Hall–Kier alpha value is -1.46. The molecule has 0 fully saturated rings. The third-order valence-corrected chi connectivity index (χ3v) is 3.55. The number of halogens is 1. The highest BCUT2D eigenvalue weighted by Crippen LogP contribution is 2.27. The fraction of sp³-hybridized carbons (Fsp3) is 0.333. The molecule has 1 heterocycles. The molecule has 106 valence electrons. The number of rotatable bonds is 6. The van der Waals surface area contributed by atoms with Crippen LogP contribution >= 0.6 is 15.9 Å². The molecule has 0 unspecified atom stereocenters. The highest BCUT2D eigenvalue weighted by Gasteiger charge is 2.10. The van der Waals surface area contributed by atoms with Crippen LogP contribution in [0.2, 0.25) is 0 Å². The minimum absolute atomic E-state index is 0.371. The van der Waals surface area contributed by atoms with Crippen LogP contribution in [0.3, 0.4) is 0 Å². The van der Waals surface area contributed by atoms with Gasteiger partial charge in [-0.2, -0.15) is 0 Å². The minimum atomic E-state index is 0.371. The lowest BCUT2D eigenvalue weighted by atomic mass is 10.2. The largest absolute Gasteiger partial charge is 0.424 e. The van der Waals surface area contributed by atoms with Crippen LogP contribution in [0.4, 0.5) is 0 Å². The van der Waals surface area contributed by atoms with E-state index in [4.69, 9.17) is 4.74 Å². The Kier molecular flexibility index (Phi) is 5.49. The first-order valence-electron chi connectivity index (χ1n) is 6.68. The maximum Gasteiger partial charge on any atom is 0.321 e. The second kappa shape index (κ2) is 7.36. The van der Waals surface area contributed by atoms with E-state index in [0.29, 0.717) is 6.01 Å². The van der Waals surface area contributed by atoms with E-state index in [0.717, 1.165) is 35.4 Å². The van der Waals surface area contributed by atoms with Crippen molar-refractivity contribution in [3.63, 3.8) is 0 Å². The predicted octanol–water partition coefficient (Wildman–Crippen LogP) is 3.87. The molecular formula is C15H18BrN3O. The zero-order valence-electron chi connectivity index (χ0n) is 11.7. The summed E-state index contributed by atoms with van der Waals surface area (Å²) in [7, 11) is 0. The number of ether oxygens (including phenoxy) is 1. The Labute approximate surface area is 127 Å². The molecule has 0 N–H and O–H groups in total. The van der Waals surface area contributed by atoms with Crippen molar-refractivity contribution in [2.45, 2.75) is 20.4 Å². The predicted molar refractivity (Wildman–Crippen MR) is 82.9 cm³/mol. The maximum absolute atomic E-state index is 5.78. The van der Waals surface area contributed by atoms with E-state index in [1.807, 2.05) is 12.1 Å². The average molecular weight is 336 g/mol. The Morgan fingerprint density at radius 3 is 2.50 bits per heavy atom. The van der Waals surface area contributed by atoms with Gasteiger partial charge in [-0.1, -0.05) is 29.8 Å². The van der Waals surface area contributed by atoms with Crippen LogP contribution in [0, 0.1) is 0 Å². The van der Waals surface area contributed by atoms with Crippen molar-refractivity contribution in [1.29, 1.82) is 0 Å². The van der Waals surface area contributed by atoms with Gasteiger partial charge < -0.3 is 4.74 Å². The second-order valence-electron chi connectivity index (χ2n) is 4.35. The highest BCUT2D eigenvalue weighted by atomic mass is 79.9. The molecule has 0 atom stereocenters. The van der Waals surface area contributed by atoms with E-state index < -0.39 is 0 Å². The fourth-order valence-electron chi connectivity index (χ4n) is 1.90. The lowest BCUT2D eigenvalue weighted by molar-refractivity contribution is 0.290. The van der Waals surface area contributed by atoms with Crippen LogP contribution in [-0.2, 0) is 6.54 Å². The van der Waals surface area contributed by atoms with Crippen molar-refractivity contribution in [3.05, 3.63) is 46.7 Å². The normalized spacial score (nSPS) is 10.8. The number of aromatic nitrogens is 2. The summed E-state index contributed by atoms with van der Waals surface area (Å²) in [5.74, 6) is 0.798. The van der Waals surface area contributed by atoms with Crippen molar-refractivity contribution < 1.29 is 4.74 Å². The number of nitrogens with zero attached hydrogens (tertiary/aromatic N) is 3. The first-order chi connectivity index (χ1) is 9.72. The lowest BCUT2D eigenvalue weighted by Gasteiger charge is -2.20. The summed E-state index contributed by atoms with van der Waals surface area (Å²) in [5, 5.41) is 0. The topological polar surface area (TPSA) is 38.2 Å². The average Bonchev–Trinajstić information content (AvgIpc) is 2.48. The summed E-state index contributed by atoms with van der Waals surface area (Å²) >= 11 is 3.51. The second-order valence-corrected chi connectivity index (χ2v) is 5.26. The van der Waals surface area contributed by atoms with Gasteiger partial charge in [-0.3, -0.25) is 4.90 Å². The summed E-state index contributed by atoms with van der Waals surface area (Å²) in [6.07, 6.45) is 3.34. The molecule has 1 aromatic heterocycles. The van der Waals surface area contributed by atoms with Gasteiger partial charge in [0.25, 0.3) is 0 Å². The van der Waals surface area contributed by atoms with Crippen LogP contribution in [0.1, 0.15) is 19.4 Å². The lowest BCUT2D eigenvalue weighted by Crippen LogP contribution is -2.22. The van der Waals surface area contributed by atoms with E-state index in [9.17, 15) is 0 Å². The van der Waals surface area contributed by atoms with Gasteiger partial charge in [0.05, 0.1) is 0 Å². The van der Waals surface area contributed by atoms with Crippen molar-refractivity contribution >= 4 is 15.9 Å². The smallest absolute Gasteiger partial charge is 0.321 e. The molecule has 0 bridgehead atoms. The van der Waals surface area contributed by atoms with Gasteiger partial charge in [-0.15, -0.1) is 0 Å². The summed E-state index contributed by atoms with van der Waals surface area (Å²) in [5.41, 5.74) is 1.12. The molecule has 2 rings (SSSR count). The Morgan fingerprint density at radius 1 is 1.15 bits per heavy atom. The number of hydrogen-bond acceptors (Lipinski definition) is 4. The molecule has 0 saturated carbocycles.